The zero-order valence-corrected chi connectivity index (χ0v) is 15.7. The van der Waals surface area contributed by atoms with Crippen LogP contribution in [0.15, 0.2) is 42.5 Å². The van der Waals surface area contributed by atoms with Gasteiger partial charge in [0.15, 0.2) is 0 Å². The molecule has 0 aliphatic rings. The van der Waals surface area contributed by atoms with Crippen molar-refractivity contribution in [3.63, 3.8) is 0 Å². The third-order valence-corrected chi connectivity index (χ3v) is 4.26. The van der Waals surface area contributed by atoms with Gasteiger partial charge in [0.2, 0.25) is 0 Å². The van der Waals surface area contributed by atoms with Gasteiger partial charge in [0.05, 0.1) is 34.7 Å². The molecule has 0 aliphatic heterocycles. The number of carbonyl (C=O) groups is 2. The molecule has 1 amide bonds. The Morgan fingerprint density at radius 2 is 1.73 bits per heavy atom. The SMILES string of the molecule is CCCOc1ccc(C(CC(=O)O)NC(=O)c2c(Cl)cccc2Cl)cc1. The largest absolute Gasteiger partial charge is 0.494 e. The van der Waals surface area contributed by atoms with Crippen LogP contribution in [0.25, 0.3) is 0 Å². The minimum atomic E-state index is -1.04. The first-order valence-corrected chi connectivity index (χ1v) is 8.87. The number of carbonyl (C=O) groups excluding carboxylic acids is 1. The van der Waals surface area contributed by atoms with Crippen molar-refractivity contribution >= 4 is 35.1 Å². The van der Waals surface area contributed by atoms with Gasteiger partial charge >= 0.3 is 5.97 Å². The lowest BCUT2D eigenvalue weighted by atomic mass is 10.0. The van der Waals surface area contributed by atoms with E-state index in [-0.39, 0.29) is 22.0 Å². The molecule has 2 rings (SSSR count). The highest BCUT2D eigenvalue weighted by atomic mass is 35.5. The Morgan fingerprint density at radius 3 is 2.27 bits per heavy atom. The number of aliphatic carboxylic acids is 1. The second-order valence-electron chi connectivity index (χ2n) is 5.64. The smallest absolute Gasteiger partial charge is 0.305 e. The van der Waals surface area contributed by atoms with Crippen LogP contribution in [0, 0.1) is 0 Å². The van der Waals surface area contributed by atoms with Crippen molar-refractivity contribution in [1.29, 1.82) is 0 Å². The summed E-state index contributed by atoms with van der Waals surface area (Å²) in [6.07, 6.45) is 0.612. The van der Waals surface area contributed by atoms with E-state index in [4.69, 9.17) is 27.9 Å². The van der Waals surface area contributed by atoms with Gasteiger partial charge in [-0.25, -0.2) is 0 Å². The van der Waals surface area contributed by atoms with Gasteiger partial charge in [0.1, 0.15) is 5.75 Å². The quantitative estimate of drug-likeness (QED) is 0.677. The summed E-state index contributed by atoms with van der Waals surface area (Å²) in [4.78, 5) is 23.8. The standard InChI is InChI=1S/C19H19Cl2NO4/c1-2-10-26-13-8-6-12(7-9-13)16(11-17(23)24)22-19(25)18-14(20)4-3-5-15(18)21/h3-9,16H,2,10-11H2,1H3,(H,22,25)(H,23,24). The van der Waals surface area contributed by atoms with E-state index in [1.165, 1.54) is 0 Å². The lowest BCUT2D eigenvalue weighted by Crippen LogP contribution is -2.30. The number of carboxylic acids is 1. The van der Waals surface area contributed by atoms with E-state index < -0.39 is 17.9 Å². The summed E-state index contributed by atoms with van der Waals surface area (Å²) in [5.74, 6) is -0.879. The molecule has 0 spiro atoms. The first-order chi connectivity index (χ1) is 12.4. The molecular formula is C19H19Cl2NO4. The summed E-state index contributed by atoms with van der Waals surface area (Å²) in [6, 6.07) is 10.9. The molecule has 0 saturated carbocycles. The molecular weight excluding hydrogens is 377 g/mol. The normalized spacial score (nSPS) is 11.7. The molecule has 5 nitrogen and oxygen atoms in total. The fourth-order valence-electron chi connectivity index (χ4n) is 2.39. The first-order valence-electron chi connectivity index (χ1n) is 8.11. The third kappa shape index (κ3) is 5.38. The van der Waals surface area contributed by atoms with Gasteiger partial charge in [-0.1, -0.05) is 48.3 Å². The zero-order valence-electron chi connectivity index (χ0n) is 14.2. The van der Waals surface area contributed by atoms with Crippen LogP contribution in [-0.4, -0.2) is 23.6 Å². The molecule has 0 aliphatic carbocycles. The van der Waals surface area contributed by atoms with Crippen LogP contribution < -0.4 is 10.1 Å². The monoisotopic (exact) mass is 395 g/mol. The van der Waals surface area contributed by atoms with Crippen molar-refractivity contribution in [2.24, 2.45) is 0 Å². The number of amides is 1. The van der Waals surface area contributed by atoms with E-state index in [1.807, 2.05) is 6.92 Å². The van der Waals surface area contributed by atoms with Crippen LogP contribution in [0.2, 0.25) is 10.0 Å². The summed E-state index contributed by atoms with van der Waals surface area (Å²) in [5, 5.41) is 12.3. The summed E-state index contributed by atoms with van der Waals surface area (Å²) < 4.78 is 5.51. The highest BCUT2D eigenvalue weighted by Gasteiger charge is 2.22. The lowest BCUT2D eigenvalue weighted by molar-refractivity contribution is -0.137. The molecule has 1 unspecified atom stereocenters. The fraction of sp³-hybridized carbons (Fsp3) is 0.263. The molecule has 2 aromatic rings. The Balaban J connectivity index is 2.22. The maximum absolute atomic E-state index is 12.6. The van der Waals surface area contributed by atoms with Gasteiger partial charge < -0.3 is 15.2 Å². The molecule has 7 heteroatoms. The predicted molar refractivity (Wildman–Crippen MR) is 101 cm³/mol. The number of hydrogen-bond acceptors (Lipinski definition) is 3. The van der Waals surface area contributed by atoms with Gasteiger partial charge in [0.25, 0.3) is 5.91 Å². The molecule has 0 aromatic heterocycles. The minimum Gasteiger partial charge on any atom is -0.494 e. The van der Waals surface area contributed by atoms with E-state index >= 15 is 0 Å². The molecule has 1 atom stereocenters. The molecule has 26 heavy (non-hydrogen) atoms. The third-order valence-electron chi connectivity index (χ3n) is 3.63. The van der Waals surface area contributed by atoms with Crippen molar-refractivity contribution in [2.45, 2.75) is 25.8 Å². The summed E-state index contributed by atoms with van der Waals surface area (Å²) in [6.45, 7) is 2.60. The van der Waals surface area contributed by atoms with Gasteiger partial charge in [-0.15, -0.1) is 0 Å². The maximum Gasteiger partial charge on any atom is 0.305 e. The van der Waals surface area contributed by atoms with E-state index in [0.29, 0.717) is 17.9 Å². The first kappa shape index (κ1) is 20.1. The van der Waals surface area contributed by atoms with E-state index in [1.54, 1.807) is 42.5 Å². The van der Waals surface area contributed by atoms with Gasteiger partial charge in [0, 0.05) is 0 Å². The fourth-order valence-corrected chi connectivity index (χ4v) is 2.96. The summed E-state index contributed by atoms with van der Waals surface area (Å²) in [5.41, 5.74) is 0.766. The highest BCUT2D eigenvalue weighted by Crippen LogP contribution is 2.26. The van der Waals surface area contributed by atoms with Crippen molar-refractivity contribution in [1.82, 2.24) is 5.32 Å². The Morgan fingerprint density at radius 1 is 1.12 bits per heavy atom. The molecule has 2 N–H and O–H groups in total. The Bertz CT molecular complexity index is 757. The second-order valence-corrected chi connectivity index (χ2v) is 6.45. The molecule has 138 valence electrons. The Hall–Kier alpha value is -2.24. The molecule has 0 fully saturated rings. The lowest BCUT2D eigenvalue weighted by Gasteiger charge is -2.19. The Labute approximate surface area is 161 Å². The van der Waals surface area contributed by atoms with E-state index in [0.717, 1.165) is 6.42 Å². The number of benzene rings is 2. The van der Waals surface area contributed by atoms with Gasteiger partial charge in [-0.2, -0.15) is 0 Å². The van der Waals surface area contributed by atoms with Crippen LogP contribution in [0.5, 0.6) is 5.75 Å². The van der Waals surface area contributed by atoms with Crippen LogP contribution in [0.4, 0.5) is 0 Å². The Kier molecular flexibility index (Phi) is 7.30. The number of hydrogen-bond donors (Lipinski definition) is 2. The van der Waals surface area contributed by atoms with Crippen molar-refractivity contribution in [3.8, 4) is 5.75 Å². The van der Waals surface area contributed by atoms with Crippen LogP contribution >= 0.6 is 23.2 Å². The summed E-state index contributed by atoms with van der Waals surface area (Å²) in [7, 11) is 0. The van der Waals surface area contributed by atoms with Crippen molar-refractivity contribution in [2.75, 3.05) is 6.61 Å². The van der Waals surface area contributed by atoms with Crippen LogP contribution in [0.1, 0.15) is 41.7 Å². The molecule has 0 radical (unpaired) electrons. The maximum atomic E-state index is 12.6. The average Bonchev–Trinajstić information content (AvgIpc) is 2.59. The molecule has 0 bridgehead atoms. The van der Waals surface area contributed by atoms with E-state index in [2.05, 4.69) is 5.32 Å². The molecule has 2 aromatic carbocycles. The minimum absolute atomic E-state index is 0.120. The molecule has 0 saturated heterocycles. The predicted octanol–water partition coefficient (Wildman–Crippen LogP) is 4.73. The second kappa shape index (κ2) is 9.46. The molecule has 0 heterocycles. The number of nitrogens with one attached hydrogen (secondary N) is 1. The van der Waals surface area contributed by atoms with Gasteiger partial charge in [-0.05, 0) is 36.2 Å². The number of halogens is 2. The van der Waals surface area contributed by atoms with E-state index in [9.17, 15) is 14.7 Å². The number of carboxylic acid groups (broad SMARTS) is 1. The van der Waals surface area contributed by atoms with Gasteiger partial charge in [-0.3, -0.25) is 9.59 Å². The van der Waals surface area contributed by atoms with Crippen molar-refractivity contribution < 1.29 is 19.4 Å². The number of rotatable bonds is 8. The van der Waals surface area contributed by atoms with Crippen LogP contribution in [0.3, 0.4) is 0 Å². The van der Waals surface area contributed by atoms with Crippen molar-refractivity contribution in [3.05, 3.63) is 63.6 Å². The van der Waals surface area contributed by atoms with Crippen LogP contribution in [-0.2, 0) is 4.79 Å². The number of ether oxygens (including phenoxy) is 1. The average molecular weight is 396 g/mol. The zero-order chi connectivity index (χ0) is 19.1. The topological polar surface area (TPSA) is 75.6 Å². The highest BCUT2D eigenvalue weighted by molar-refractivity contribution is 6.39. The summed E-state index contributed by atoms with van der Waals surface area (Å²) >= 11 is 12.1.